The predicted molar refractivity (Wildman–Crippen MR) is 142 cm³/mol. The molecular weight excluding hydrogens is 491 g/mol. The third-order valence-corrected chi connectivity index (χ3v) is 7.64. The van der Waals surface area contributed by atoms with Crippen LogP contribution in [0.4, 0.5) is 10.3 Å². The van der Waals surface area contributed by atoms with Gasteiger partial charge in [-0.05, 0) is 42.0 Å². The lowest BCUT2D eigenvalue weighted by atomic mass is 9.73. The zero-order valence-corrected chi connectivity index (χ0v) is 22.3. The number of rotatable bonds is 8. The number of benzene rings is 2. The Morgan fingerprint density at radius 1 is 1.19 bits per heavy atom. The Morgan fingerprint density at radius 3 is 2.76 bits per heavy atom. The summed E-state index contributed by atoms with van der Waals surface area (Å²) in [7, 11) is 1.57. The number of aromatic nitrogens is 3. The Balaban J connectivity index is 1.53. The molecule has 0 spiro atoms. The van der Waals surface area contributed by atoms with Gasteiger partial charge >= 0.3 is 0 Å². The number of anilines is 1. The molecule has 2 aromatic carbocycles. The summed E-state index contributed by atoms with van der Waals surface area (Å²) < 4.78 is 27.5. The summed E-state index contributed by atoms with van der Waals surface area (Å²) in [6.45, 7) is 6.41. The lowest BCUT2D eigenvalue weighted by Gasteiger charge is -2.38. The fraction of sp³-hybridized carbons (Fsp3) is 0.393. The number of Topliss-reactive ketones (excluding diaryl/α,β-unsaturated/α-hetero) is 1. The molecule has 7 nitrogen and oxygen atoms in total. The summed E-state index contributed by atoms with van der Waals surface area (Å²) in [5.41, 5.74) is 2.78. The molecule has 194 valence electrons. The van der Waals surface area contributed by atoms with Crippen LogP contribution >= 0.6 is 11.8 Å². The van der Waals surface area contributed by atoms with Gasteiger partial charge < -0.3 is 14.8 Å². The second-order valence-corrected chi connectivity index (χ2v) is 11.2. The molecule has 0 bridgehead atoms. The van der Waals surface area contributed by atoms with Gasteiger partial charge in [0.2, 0.25) is 11.1 Å². The van der Waals surface area contributed by atoms with Crippen molar-refractivity contribution < 1.29 is 18.7 Å². The maximum atomic E-state index is 14.1. The molecule has 1 N–H and O–H groups in total. The van der Waals surface area contributed by atoms with Crippen LogP contribution in [0.15, 0.2) is 58.9 Å². The summed E-state index contributed by atoms with van der Waals surface area (Å²) in [5.74, 6) is 2.32. The molecule has 1 aliphatic heterocycles. The van der Waals surface area contributed by atoms with Crippen molar-refractivity contribution >= 4 is 23.5 Å². The molecule has 37 heavy (non-hydrogen) atoms. The third-order valence-electron chi connectivity index (χ3n) is 6.59. The van der Waals surface area contributed by atoms with Crippen molar-refractivity contribution in [3.8, 4) is 11.5 Å². The van der Waals surface area contributed by atoms with Gasteiger partial charge in [-0.3, -0.25) is 4.79 Å². The van der Waals surface area contributed by atoms with E-state index in [9.17, 15) is 9.18 Å². The summed E-state index contributed by atoms with van der Waals surface area (Å²) >= 11 is 1.60. The van der Waals surface area contributed by atoms with Crippen molar-refractivity contribution in [3.63, 3.8) is 0 Å². The van der Waals surface area contributed by atoms with Gasteiger partial charge in [0, 0.05) is 29.0 Å². The van der Waals surface area contributed by atoms with Crippen LogP contribution in [0.2, 0.25) is 0 Å². The van der Waals surface area contributed by atoms with Gasteiger partial charge in [0.25, 0.3) is 0 Å². The fourth-order valence-electron chi connectivity index (χ4n) is 4.90. The van der Waals surface area contributed by atoms with E-state index in [0.29, 0.717) is 40.2 Å². The number of hydrogen-bond acceptors (Lipinski definition) is 7. The number of fused-ring (bicyclic) bond motifs is 1. The first-order valence-corrected chi connectivity index (χ1v) is 13.4. The van der Waals surface area contributed by atoms with Crippen LogP contribution in [-0.4, -0.2) is 33.4 Å². The maximum absolute atomic E-state index is 14.1. The van der Waals surface area contributed by atoms with Crippen LogP contribution in [0, 0.1) is 11.2 Å². The van der Waals surface area contributed by atoms with E-state index in [1.54, 1.807) is 43.1 Å². The van der Waals surface area contributed by atoms with Crippen LogP contribution in [0.5, 0.6) is 11.5 Å². The monoisotopic (exact) mass is 522 g/mol. The van der Waals surface area contributed by atoms with Gasteiger partial charge in [-0.1, -0.05) is 56.8 Å². The predicted octanol–water partition coefficient (Wildman–Crippen LogP) is 6.17. The number of nitrogens with one attached hydrogen (secondary N) is 1. The topological polar surface area (TPSA) is 78.3 Å². The molecule has 3 aromatic rings. The van der Waals surface area contributed by atoms with E-state index >= 15 is 0 Å². The Bertz CT molecular complexity index is 1370. The lowest BCUT2D eigenvalue weighted by molar-refractivity contribution is -0.118. The molecule has 0 radical (unpaired) electrons. The van der Waals surface area contributed by atoms with Crippen molar-refractivity contribution in [1.82, 2.24) is 14.8 Å². The molecule has 0 saturated carbocycles. The first-order chi connectivity index (χ1) is 17.8. The molecule has 0 amide bonds. The van der Waals surface area contributed by atoms with E-state index in [1.165, 1.54) is 6.07 Å². The molecule has 1 atom stereocenters. The molecule has 1 aliphatic carbocycles. The lowest BCUT2D eigenvalue weighted by Crippen LogP contribution is -2.36. The number of nitrogens with zero attached hydrogens (tertiary/aromatic N) is 3. The highest BCUT2D eigenvalue weighted by molar-refractivity contribution is 7.99. The molecule has 2 heterocycles. The minimum absolute atomic E-state index is 0.0732. The van der Waals surface area contributed by atoms with E-state index in [0.717, 1.165) is 29.9 Å². The normalized spacial score (nSPS) is 18.2. The Labute approximate surface area is 220 Å². The quantitative estimate of drug-likeness (QED) is 0.355. The number of allylic oxidation sites excluding steroid dienone is 2. The van der Waals surface area contributed by atoms with Crippen LogP contribution in [-0.2, 0) is 11.4 Å². The Morgan fingerprint density at radius 2 is 2.00 bits per heavy atom. The number of halogens is 1. The molecule has 1 unspecified atom stereocenters. The fourth-order valence-corrected chi connectivity index (χ4v) is 5.58. The summed E-state index contributed by atoms with van der Waals surface area (Å²) in [5, 5.41) is 8.86. The number of ether oxygens (including phenoxy) is 2. The Hall–Kier alpha value is -3.33. The van der Waals surface area contributed by atoms with Crippen LogP contribution in [0.1, 0.15) is 57.2 Å². The van der Waals surface area contributed by atoms with Crippen LogP contribution < -0.4 is 14.8 Å². The Kier molecular flexibility index (Phi) is 6.98. The van der Waals surface area contributed by atoms with E-state index in [1.807, 2.05) is 16.8 Å². The summed E-state index contributed by atoms with van der Waals surface area (Å²) in [6, 6.07) is 11.7. The minimum Gasteiger partial charge on any atom is -0.493 e. The third kappa shape index (κ3) is 5.09. The number of carbonyl (C=O) groups excluding carboxylic acids is 1. The average molecular weight is 523 g/mol. The molecule has 5 rings (SSSR count). The highest BCUT2D eigenvalue weighted by Crippen LogP contribution is 2.46. The average Bonchev–Trinajstić information content (AvgIpc) is 3.27. The van der Waals surface area contributed by atoms with Gasteiger partial charge in [0.1, 0.15) is 18.5 Å². The van der Waals surface area contributed by atoms with E-state index in [-0.39, 0.29) is 23.6 Å². The zero-order valence-electron chi connectivity index (χ0n) is 21.5. The standard InChI is InChI=1S/C28H31FN4O3S/c1-5-12-37-27-31-26-30-20-14-28(2,3)15-21(34)24(20)25(33(26)32-27)17-10-11-22(23(13-17)35-4)36-16-18-8-6-7-9-19(18)29/h6-11,13,25H,5,12,14-16H2,1-4H3,(H,30,31,32). The molecular formula is C28H31FN4O3S. The van der Waals surface area contributed by atoms with Crippen molar-refractivity contribution in [3.05, 3.63) is 70.7 Å². The number of thioether (sulfide) groups is 1. The maximum Gasteiger partial charge on any atom is 0.227 e. The summed E-state index contributed by atoms with van der Waals surface area (Å²) in [4.78, 5) is 18.2. The first kappa shape index (κ1) is 25.3. The highest BCUT2D eigenvalue weighted by Gasteiger charge is 2.42. The second-order valence-electron chi connectivity index (χ2n) is 10.2. The van der Waals surface area contributed by atoms with E-state index < -0.39 is 6.04 Å². The molecule has 0 fully saturated rings. The number of carbonyl (C=O) groups is 1. The van der Waals surface area contributed by atoms with Crippen molar-refractivity contribution in [2.24, 2.45) is 5.41 Å². The number of ketones is 1. The van der Waals surface area contributed by atoms with E-state index in [4.69, 9.17) is 19.6 Å². The highest BCUT2D eigenvalue weighted by atomic mass is 32.2. The molecule has 1 aromatic heterocycles. The second kappa shape index (κ2) is 10.2. The largest absolute Gasteiger partial charge is 0.493 e. The number of hydrogen-bond donors (Lipinski definition) is 1. The van der Waals surface area contributed by atoms with Gasteiger partial charge in [-0.25, -0.2) is 9.07 Å². The zero-order chi connectivity index (χ0) is 26.2. The van der Waals surface area contributed by atoms with Crippen LogP contribution in [0.25, 0.3) is 0 Å². The minimum atomic E-state index is -0.437. The molecule has 2 aliphatic rings. The van der Waals surface area contributed by atoms with Gasteiger partial charge in [0.15, 0.2) is 17.3 Å². The van der Waals surface area contributed by atoms with Gasteiger partial charge in [-0.2, -0.15) is 4.98 Å². The SMILES string of the molecule is CCCSc1nc2n(n1)C(c1ccc(OCc3ccccc3F)c(OC)c1)C1=C(CC(C)(C)CC1=O)N2. The number of methoxy groups -OCH3 is 1. The smallest absolute Gasteiger partial charge is 0.227 e. The van der Waals surface area contributed by atoms with Gasteiger partial charge in [-0.15, -0.1) is 5.10 Å². The first-order valence-electron chi connectivity index (χ1n) is 12.5. The van der Waals surface area contributed by atoms with Crippen LogP contribution in [0.3, 0.4) is 0 Å². The molecule has 9 heteroatoms. The van der Waals surface area contributed by atoms with Crippen molar-refractivity contribution in [1.29, 1.82) is 0 Å². The van der Waals surface area contributed by atoms with E-state index in [2.05, 4.69) is 26.1 Å². The molecule has 0 saturated heterocycles. The van der Waals surface area contributed by atoms with Crippen molar-refractivity contribution in [2.75, 3.05) is 18.2 Å². The van der Waals surface area contributed by atoms with Crippen molar-refractivity contribution in [2.45, 2.75) is 57.8 Å². The van der Waals surface area contributed by atoms with Gasteiger partial charge in [0.05, 0.1) is 7.11 Å². The summed E-state index contributed by atoms with van der Waals surface area (Å²) in [6.07, 6.45) is 2.22.